The number of nitrogens with zero attached hydrogens (tertiary/aromatic N) is 2. The molecule has 0 bridgehead atoms. The van der Waals surface area contributed by atoms with Crippen LogP contribution >= 0.6 is 15.9 Å². The minimum atomic E-state index is -0.252. The van der Waals surface area contributed by atoms with Crippen LogP contribution in [0, 0.1) is 5.82 Å². The lowest BCUT2D eigenvalue weighted by Gasteiger charge is -2.45. The molecule has 0 spiro atoms. The molecule has 1 aromatic rings. The fraction of sp³-hybridized carbons (Fsp3) is 0.500. The first-order chi connectivity index (χ1) is 8.88. The number of rotatable bonds is 1. The summed E-state index contributed by atoms with van der Waals surface area (Å²) in [6.07, 6.45) is 0. The molecule has 2 atom stereocenters. The topological polar surface area (TPSA) is 23.6 Å². The highest BCUT2D eigenvalue weighted by molar-refractivity contribution is 9.10. The molecule has 0 aliphatic carbocycles. The summed E-state index contributed by atoms with van der Waals surface area (Å²) in [6.45, 7) is 7.06. The minimum absolute atomic E-state index is 0.0961. The molecule has 19 heavy (non-hydrogen) atoms. The molecule has 3 nitrogen and oxygen atoms in total. The van der Waals surface area contributed by atoms with Crippen molar-refractivity contribution in [3.05, 3.63) is 28.5 Å². The molecule has 1 aliphatic rings. The van der Waals surface area contributed by atoms with Gasteiger partial charge in [0.2, 0.25) is 5.91 Å². The number of hydrogen-bond acceptors (Lipinski definition) is 2. The number of carbonyl (C=O) groups is 1. The van der Waals surface area contributed by atoms with Gasteiger partial charge in [-0.05, 0) is 32.0 Å². The second-order valence-corrected chi connectivity index (χ2v) is 6.07. The zero-order valence-corrected chi connectivity index (χ0v) is 12.9. The molecule has 104 valence electrons. The Bertz CT molecular complexity index is 462. The Morgan fingerprint density at radius 1 is 1.26 bits per heavy atom. The summed E-state index contributed by atoms with van der Waals surface area (Å²) in [4.78, 5) is 15.5. The van der Waals surface area contributed by atoms with E-state index in [0.29, 0.717) is 13.1 Å². The molecule has 0 saturated carbocycles. The fourth-order valence-corrected chi connectivity index (χ4v) is 3.23. The summed E-state index contributed by atoms with van der Waals surface area (Å²) in [5.74, 6) is -0.156. The zero-order valence-electron chi connectivity index (χ0n) is 11.4. The van der Waals surface area contributed by atoms with Gasteiger partial charge in [0.25, 0.3) is 0 Å². The summed E-state index contributed by atoms with van der Waals surface area (Å²) < 4.78 is 14.3. The van der Waals surface area contributed by atoms with Crippen LogP contribution in [-0.2, 0) is 4.79 Å². The van der Waals surface area contributed by atoms with E-state index >= 15 is 0 Å². The molecule has 1 amide bonds. The Morgan fingerprint density at radius 2 is 1.84 bits per heavy atom. The second-order valence-electron chi connectivity index (χ2n) is 5.16. The van der Waals surface area contributed by atoms with E-state index in [1.54, 1.807) is 13.0 Å². The highest BCUT2D eigenvalue weighted by atomic mass is 79.9. The molecular formula is C14H18BrFN2O. The van der Waals surface area contributed by atoms with Crippen LogP contribution < -0.4 is 4.90 Å². The molecule has 0 aromatic heterocycles. The lowest BCUT2D eigenvalue weighted by atomic mass is 10.1. The summed E-state index contributed by atoms with van der Waals surface area (Å²) >= 11 is 3.32. The van der Waals surface area contributed by atoms with Crippen LogP contribution in [0.25, 0.3) is 0 Å². The standard InChI is InChI=1S/C14H18BrFN2O/c1-9-7-17(11(3)19)8-10(2)18(9)14-5-12(15)4-13(16)6-14/h4-6,9-10H,7-8H2,1-3H3. The van der Waals surface area contributed by atoms with E-state index in [1.807, 2.05) is 11.0 Å². The van der Waals surface area contributed by atoms with E-state index in [0.717, 1.165) is 10.2 Å². The third-order valence-electron chi connectivity index (χ3n) is 3.51. The number of amides is 1. The van der Waals surface area contributed by atoms with Crippen molar-refractivity contribution in [3.8, 4) is 0 Å². The van der Waals surface area contributed by atoms with Gasteiger partial charge < -0.3 is 9.80 Å². The largest absolute Gasteiger partial charge is 0.362 e. The number of carbonyl (C=O) groups excluding carboxylic acids is 1. The zero-order chi connectivity index (χ0) is 14.2. The predicted molar refractivity (Wildman–Crippen MR) is 77.8 cm³/mol. The third kappa shape index (κ3) is 3.08. The highest BCUT2D eigenvalue weighted by Gasteiger charge is 2.30. The number of piperazine rings is 1. The monoisotopic (exact) mass is 328 g/mol. The Kier molecular flexibility index (Phi) is 4.13. The number of benzene rings is 1. The molecular weight excluding hydrogens is 311 g/mol. The van der Waals surface area contributed by atoms with E-state index in [1.165, 1.54) is 6.07 Å². The average molecular weight is 329 g/mol. The Balaban J connectivity index is 2.27. The van der Waals surface area contributed by atoms with Crippen LogP contribution in [-0.4, -0.2) is 36.0 Å². The van der Waals surface area contributed by atoms with Crippen molar-refractivity contribution in [2.24, 2.45) is 0 Å². The van der Waals surface area contributed by atoms with Crippen LogP contribution in [0.1, 0.15) is 20.8 Å². The van der Waals surface area contributed by atoms with E-state index in [9.17, 15) is 9.18 Å². The van der Waals surface area contributed by atoms with Crippen LogP contribution in [0.3, 0.4) is 0 Å². The van der Waals surface area contributed by atoms with Gasteiger partial charge in [-0.25, -0.2) is 4.39 Å². The van der Waals surface area contributed by atoms with Crippen molar-refractivity contribution in [1.82, 2.24) is 4.90 Å². The maximum Gasteiger partial charge on any atom is 0.219 e. The van der Waals surface area contributed by atoms with Crippen LogP contribution in [0.15, 0.2) is 22.7 Å². The first-order valence-corrected chi connectivity index (χ1v) is 7.17. The van der Waals surface area contributed by atoms with Crippen molar-refractivity contribution in [2.75, 3.05) is 18.0 Å². The van der Waals surface area contributed by atoms with Gasteiger partial charge >= 0.3 is 0 Å². The summed E-state index contributed by atoms with van der Waals surface area (Å²) in [5, 5.41) is 0. The average Bonchev–Trinajstić information content (AvgIpc) is 2.26. The lowest BCUT2D eigenvalue weighted by molar-refractivity contribution is -0.130. The van der Waals surface area contributed by atoms with Gasteiger partial charge in [0.05, 0.1) is 0 Å². The van der Waals surface area contributed by atoms with Gasteiger partial charge in [0.1, 0.15) is 5.82 Å². The Hall–Kier alpha value is -1.10. The maximum atomic E-state index is 13.5. The molecule has 0 radical (unpaired) electrons. The van der Waals surface area contributed by atoms with E-state index in [-0.39, 0.29) is 23.8 Å². The summed E-state index contributed by atoms with van der Waals surface area (Å²) in [6, 6.07) is 5.24. The Morgan fingerprint density at radius 3 is 2.32 bits per heavy atom. The van der Waals surface area contributed by atoms with Gasteiger partial charge in [0.15, 0.2) is 0 Å². The molecule has 5 heteroatoms. The predicted octanol–water partition coefficient (Wildman–Crippen LogP) is 3.03. The SMILES string of the molecule is CC(=O)N1CC(C)N(c2cc(F)cc(Br)c2)C(C)C1. The first-order valence-electron chi connectivity index (χ1n) is 6.38. The van der Waals surface area contributed by atoms with E-state index < -0.39 is 0 Å². The first kappa shape index (κ1) is 14.3. The van der Waals surface area contributed by atoms with Gasteiger partial charge in [0, 0.05) is 42.3 Å². The third-order valence-corrected chi connectivity index (χ3v) is 3.97. The van der Waals surface area contributed by atoms with Crippen LogP contribution in [0.2, 0.25) is 0 Å². The smallest absolute Gasteiger partial charge is 0.219 e. The quantitative estimate of drug-likeness (QED) is 0.791. The highest BCUT2D eigenvalue weighted by Crippen LogP contribution is 2.28. The summed E-state index contributed by atoms with van der Waals surface area (Å²) in [5.41, 5.74) is 0.857. The molecule has 2 unspecified atom stereocenters. The van der Waals surface area contributed by atoms with E-state index in [4.69, 9.17) is 0 Å². The van der Waals surface area contributed by atoms with Crippen LogP contribution in [0.4, 0.5) is 10.1 Å². The second kappa shape index (κ2) is 5.49. The van der Waals surface area contributed by atoms with Crippen LogP contribution in [0.5, 0.6) is 0 Å². The van der Waals surface area contributed by atoms with Gasteiger partial charge in [-0.3, -0.25) is 4.79 Å². The summed E-state index contributed by atoms with van der Waals surface area (Å²) in [7, 11) is 0. The lowest BCUT2D eigenvalue weighted by Crippen LogP contribution is -2.58. The van der Waals surface area contributed by atoms with E-state index in [2.05, 4.69) is 34.7 Å². The molecule has 0 N–H and O–H groups in total. The number of anilines is 1. The number of hydrogen-bond donors (Lipinski definition) is 0. The van der Waals surface area contributed by atoms with Gasteiger partial charge in [-0.2, -0.15) is 0 Å². The molecule has 1 fully saturated rings. The minimum Gasteiger partial charge on any atom is -0.362 e. The maximum absolute atomic E-state index is 13.5. The molecule has 1 heterocycles. The Labute approximate surface area is 121 Å². The van der Waals surface area contributed by atoms with Crippen molar-refractivity contribution in [2.45, 2.75) is 32.9 Å². The molecule has 2 rings (SSSR count). The van der Waals surface area contributed by atoms with Crippen molar-refractivity contribution in [3.63, 3.8) is 0 Å². The molecule has 1 aliphatic heterocycles. The molecule has 1 aromatic carbocycles. The van der Waals surface area contributed by atoms with Gasteiger partial charge in [-0.1, -0.05) is 15.9 Å². The fourth-order valence-electron chi connectivity index (χ4n) is 2.78. The van der Waals surface area contributed by atoms with Gasteiger partial charge in [-0.15, -0.1) is 0 Å². The van der Waals surface area contributed by atoms with Crippen molar-refractivity contribution < 1.29 is 9.18 Å². The van der Waals surface area contributed by atoms with Crippen molar-refractivity contribution in [1.29, 1.82) is 0 Å². The molecule has 1 saturated heterocycles. The normalized spacial score (nSPS) is 23.6. The van der Waals surface area contributed by atoms with Crippen molar-refractivity contribution >= 4 is 27.5 Å². The number of halogens is 2.